The Balaban J connectivity index is 1.81. The van der Waals surface area contributed by atoms with Crippen LogP contribution in [0.25, 0.3) is 0 Å². The maximum Gasteiger partial charge on any atom is 0.416 e. The zero-order valence-corrected chi connectivity index (χ0v) is 13.6. The van der Waals surface area contributed by atoms with Crippen LogP contribution in [-0.4, -0.2) is 27.8 Å². The number of benzene rings is 2. The number of alkyl halides is 3. The fourth-order valence-electron chi connectivity index (χ4n) is 3.31. The third-order valence-corrected chi connectivity index (χ3v) is 4.57. The minimum Gasteiger partial charge on any atom is -0.392 e. The minimum absolute atomic E-state index is 0.0322. The molecule has 3 rings (SSSR count). The molecule has 0 radical (unpaired) electrons. The highest BCUT2D eigenvalue weighted by Gasteiger charge is 2.35. The van der Waals surface area contributed by atoms with E-state index in [-0.39, 0.29) is 12.6 Å². The first kappa shape index (κ1) is 17.9. The zero-order valence-electron chi connectivity index (χ0n) is 13.6. The average molecular weight is 351 g/mol. The smallest absolute Gasteiger partial charge is 0.392 e. The van der Waals surface area contributed by atoms with Gasteiger partial charge in [0.25, 0.3) is 0 Å². The number of halogens is 3. The normalized spacial score (nSPS) is 21.6. The molecule has 0 bridgehead atoms. The molecule has 0 aromatic heterocycles. The Kier molecular flexibility index (Phi) is 5.13. The van der Waals surface area contributed by atoms with Gasteiger partial charge in [-0.2, -0.15) is 13.2 Å². The molecule has 1 fully saturated rings. The van der Waals surface area contributed by atoms with Gasteiger partial charge in [-0.1, -0.05) is 36.4 Å². The second-order valence-corrected chi connectivity index (χ2v) is 6.43. The molecule has 134 valence electrons. The average Bonchev–Trinajstić information content (AvgIpc) is 2.95. The maximum atomic E-state index is 13.0. The SMILES string of the molecule is OCc1ccc(CN2C[C@@H](O)C[C@@H]2c2cccc(C(F)(F)F)c2)cc1. The molecule has 25 heavy (non-hydrogen) atoms. The van der Waals surface area contributed by atoms with Crippen molar-refractivity contribution in [2.75, 3.05) is 6.54 Å². The molecule has 0 unspecified atom stereocenters. The van der Waals surface area contributed by atoms with E-state index in [9.17, 15) is 18.3 Å². The Labute approximate surface area is 144 Å². The van der Waals surface area contributed by atoms with Crippen LogP contribution in [0.5, 0.6) is 0 Å². The Morgan fingerprint density at radius 3 is 2.36 bits per heavy atom. The molecule has 0 saturated carbocycles. The topological polar surface area (TPSA) is 43.7 Å². The molecule has 0 spiro atoms. The first-order valence-electron chi connectivity index (χ1n) is 8.15. The Morgan fingerprint density at radius 2 is 1.72 bits per heavy atom. The molecular weight excluding hydrogens is 331 g/mol. The van der Waals surface area contributed by atoms with E-state index in [4.69, 9.17) is 5.11 Å². The number of nitrogens with zero attached hydrogens (tertiary/aromatic N) is 1. The largest absolute Gasteiger partial charge is 0.416 e. The van der Waals surface area contributed by atoms with Crippen molar-refractivity contribution in [3.8, 4) is 0 Å². The van der Waals surface area contributed by atoms with Crippen molar-refractivity contribution in [1.82, 2.24) is 4.90 Å². The quantitative estimate of drug-likeness (QED) is 0.886. The van der Waals surface area contributed by atoms with Gasteiger partial charge in [-0.05, 0) is 35.2 Å². The van der Waals surface area contributed by atoms with Gasteiger partial charge in [-0.3, -0.25) is 4.90 Å². The summed E-state index contributed by atoms with van der Waals surface area (Å²) in [5.41, 5.74) is 1.69. The van der Waals surface area contributed by atoms with E-state index in [1.54, 1.807) is 6.07 Å². The highest BCUT2D eigenvalue weighted by molar-refractivity contribution is 5.29. The van der Waals surface area contributed by atoms with Crippen LogP contribution in [0.3, 0.4) is 0 Å². The number of likely N-dealkylation sites (tertiary alicyclic amines) is 1. The van der Waals surface area contributed by atoms with Gasteiger partial charge in [0.1, 0.15) is 0 Å². The Hall–Kier alpha value is -1.89. The Morgan fingerprint density at radius 1 is 1.04 bits per heavy atom. The second kappa shape index (κ2) is 7.15. The lowest BCUT2D eigenvalue weighted by Gasteiger charge is -2.25. The summed E-state index contributed by atoms with van der Waals surface area (Å²) in [4.78, 5) is 1.99. The van der Waals surface area contributed by atoms with Gasteiger partial charge < -0.3 is 10.2 Å². The van der Waals surface area contributed by atoms with Crippen LogP contribution >= 0.6 is 0 Å². The van der Waals surface area contributed by atoms with Gasteiger partial charge in [-0.15, -0.1) is 0 Å². The van der Waals surface area contributed by atoms with E-state index in [1.807, 2.05) is 29.2 Å². The van der Waals surface area contributed by atoms with Crippen molar-refractivity contribution in [1.29, 1.82) is 0 Å². The van der Waals surface area contributed by atoms with Crippen molar-refractivity contribution >= 4 is 0 Å². The number of hydrogen-bond donors (Lipinski definition) is 2. The minimum atomic E-state index is -4.38. The standard InChI is InChI=1S/C19H20F3NO2/c20-19(21,22)16-3-1-2-15(8-16)18-9-17(25)11-23(18)10-13-4-6-14(12-24)7-5-13/h1-8,17-18,24-25H,9-12H2/t17-,18+/m0/s1. The van der Waals surface area contributed by atoms with Crippen LogP contribution in [0, 0.1) is 0 Å². The molecule has 0 aliphatic carbocycles. The van der Waals surface area contributed by atoms with Crippen molar-refractivity contribution in [3.05, 3.63) is 70.8 Å². The summed E-state index contributed by atoms with van der Waals surface area (Å²) >= 11 is 0. The van der Waals surface area contributed by atoms with E-state index in [0.29, 0.717) is 25.1 Å². The van der Waals surface area contributed by atoms with E-state index < -0.39 is 17.8 Å². The lowest BCUT2D eigenvalue weighted by atomic mass is 10.0. The van der Waals surface area contributed by atoms with Crippen LogP contribution in [0.1, 0.15) is 34.7 Å². The molecule has 2 aromatic rings. The van der Waals surface area contributed by atoms with Crippen molar-refractivity contribution in [2.45, 2.75) is 37.9 Å². The third kappa shape index (κ3) is 4.21. The molecular formula is C19H20F3NO2. The molecule has 1 aliphatic rings. The summed E-state index contributed by atoms with van der Waals surface area (Å²) in [5.74, 6) is 0. The molecule has 0 amide bonds. The van der Waals surface area contributed by atoms with Gasteiger partial charge >= 0.3 is 6.18 Å². The van der Waals surface area contributed by atoms with Gasteiger partial charge in [-0.25, -0.2) is 0 Å². The van der Waals surface area contributed by atoms with E-state index in [2.05, 4.69) is 0 Å². The van der Waals surface area contributed by atoms with E-state index in [1.165, 1.54) is 12.1 Å². The molecule has 3 nitrogen and oxygen atoms in total. The predicted octanol–water partition coefficient (Wildman–Crippen LogP) is 3.51. The Bertz CT molecular complexity index is 715. The van der Waals surface area contributed by atoms with E-state index in [0.717, 1.165) is 17.2 Å². The lowest BCUT2D eigenvalue weighted by molar-refractivity contribution is -0.137. The number of aliphatic hydroxyl groups excluding tert-OH is 2. The predicted molar refractivity (Wildman–Crippen MR) is 87.6 cm³/mol. The molecule has 2 N–H and O–H groups in total. The number of β-amino-alcohol motifs (C(OH)–C–C–N with tert-alkyl or cyclic N) is 1. The molecule has 1 aliphatic heterocycles. The van der Waals surface area contributed by atoms with Gasteiger partial charge in [0.15, 0.2) is 0 Å². The van der Waals surface area contributed by atoms with Crippen molar-refractivity contribution in [2.24, 2.45) is 0 Å². The van der Waals surface area contributed by atoms with Crippen LogP contribution in [-0.2, 0) is 19.3 Å². The summed E-state index contributed by atoms with van der Waals surface area (Å²) in [6.45, 7) is 0.919. The molecule has 6 heteroatoms. The fourth-order valence-corrected chi connectivity index (χ4v) is 3.31. The summed E-state index contributed by atoms with van der Waals surface area (Å²) in [6, 6.07) is 12.5. The number of hydrogen-bond acceptors (Lipinski definition) is 3. The van der Waals surface area contributed by atoms with E-state index >= 15 is 0 Å². The zero-order chi connectivity index (χ0) is 18.0. The first-order valence-corrected chi connectivity index (χ1v) is 8.15. The van der Waals surface area contributed by atoms with Crippen molar-refractivity contribution in [3.63, 3.8) is 0 Å². The summed E-state index contributed by atoms with van der Waals surface area (Å²) in [5, 5.41) is 19.1. The number of aliphatic hydroxyl groups is 2. The van der Waals surface area contributed by atoms with Crippen LogP contribution < -0.4 is 0 Å². The third-order valence-electron chi connectivity index (χ3n) is 4.57. The summed E-state index contributed by atoms with van der Waals surface area (Å²) in [6.07, 6.45) is -4.52. The fraction of sp³-hybridized carbons (Fsp3) is 0.368. The molecule has 1 heterocycles. The lowest BCUT2D eigenvalue weighted by Crippen LogP contribution is -2.24. The second-order valence-electron chi connectivity index (χ2n) is 6.43. The van der Waals surface area contributed by atoms with Gasteiger partial charge in [0, 0.05) is 19.1 Å². The highest BCUT2D eigenvalue weighted by atomic mass is 19.4. The summed E-state index contributed by atoms with van der Waals surface area (Å²) < 4.78 is 38.9. The van der Waals surface area contributed by atoms with Crippen LogP contribution in [0.15, 0.2) is 48.5 Å². The van der Waals surface area contributed by atoms with Crippen LogP contribution in [0.2, 0.25) is 0 Å². The highest BCUT2D eigenvalue weighted by Crippen LogP contribution is 2.36. The molecule has 1 saturated heterocycles. The van der Waals surface area contributed by atoms with Crippen molar-refractivity contribution < 1.29 is 23.4 Å². The van der Waals surface area contributed by atoms with Crippen LogP contribution in [0.4, 0.5) is 13.2 Å². The monoisotopic (exact) mass is 351 g/mol. The first-order chi connectivity index (χ1) is 11.9. The molecule has 2 atom stereocenters. The van der Waals surface area contributed by atoms with Gasteiger partial charge in [0.2, 0.25) is 0 Å². The summed E-state index contributed by atoms with van der Waals surface area (Å²) in [7, 11) is 0. The molecule has 2 aromatic carbocycles. The number of rotatable bonds is 4. The van der Waals surface area contributed by atoms with Gasteiger partial charge in [0.05, 0.1) is 18.3 Å². The maximum absolute atomic E-state index is 13.0.